The number of carbonyl (C=O) groups is 3. The Morgan fingerprint density at radius 1 is 0.975 bits per heavy atom. The van der Waals surface area contributed by atoms with Gasteiger partial charge in [0.25, 0.3) is 0 Å². The predicted molar refractivity (Wildman–Crippen MR) is 157 cm³/mol. The van der Waals surface area contributed by atoms with Gasteiger partial charge in [-0.15, -0.1) is 0 Å². The Morgan fingerprint density at radius 2 is 1.73 bits per heavy atom. The van der Waals surface area contributed by atoms with Crippen LogP contribution < -0.4 is 21.3 Å². The van der Waals surface area contributed by atoms with Gasteiger partial charge in [-0.25, -0.2) is 9.97 Å². The summed E-state index contributed by atoms with van der Waals surface area (Å²) in [5, 5.41) is 6.71. The molecule has 1 aliphatic heterocycles. The van der Waals surface area contributed by atoms with Crippen molar-refractivity contribution in [3.8, 4) is 11.1 Å². The summed E-state index contributed by atoms with van der Waals surface area (Å²) in [6.45, 7) is 8.06. The number of hydrogen-bond acceptors (Lipinski definition) is 7. The van der Waals surface area contributed by atoms with Crippen LogP contribution in [0.25, 0.3) is 22.0 Å². The normalized spacial score (nSPS) is 13.1. The summed E-state index contributed by atoms with van der Waals surface area (Å²) in [6, 6.07) is 18.5. The quantitative estimate of drug-likeness (QED) is 0.305. The zero-order chi connectivity index (χ0) is 28.2. The molecular formula is C30H29N7O3. The van der Waals surface area contributed by atoms with E-state index in [2.05, 4.69) is 27.1 Å². The van der Waals surface area contributed by atoms with Gasteiger partial charge in [0.15, 0.2) is 0 Å². The number of piperazine rings is 1. The van der Waals surface area contributed by atoms with E-state index in [9.17, 15) is 14.4 Å². The molecule has 3 aromatic carbocycles. The van der Waals surface area contributed by atoms with Gasteiger partial charge in [0, 0.05) is 72.9 Å². The number of hydrogen-bond donors (Lipinski definition) is 3. The standard InChI is InChI=1S/C30H29N7O3/c1-3-26(39)33-23-6-4-5-20(17-23)27-25(29(31)40)12-7-21-18-32-30(35-28(21)27)34-22-8-10-24(11-9-22)37-15-13-36(14-16-37)19(2)38/h3-12,17-18H,1,13-16H2,2H3,(H2,31,40)(H,33,39)(H,32,34,35). The van der Waals surface area contributed by atoms with Crippen LogP contribution in [0.5, 0.6) is 0 Å². The minimum Gasteiger partial charge on any atom is -0.368 e. The Labute approximate surface area is 231 Å². The van der Waals surface area contributed by atoms with Crippen molar-refractivity contribution < 1.29 is 14.4 Å². The van der Waals surface area contributed by atoms with E-state index in [0.29, 0.717) is 46.9 Å². The molecule has 3 amide bonds. The summed E-state index contributed by atoms with van der Waals surface area (Å²) in [4.78, 5) is 49.2. The molecule has 2 heterocycles. The lowest BCUT2D eigenvalue weighted by atomic mass is 9.96. The highest BCUT2D eigenvalue weighted by Crippen LogP contribution is 2.33. The summed E-state index contributed by atoms with van der Waals surface area (Å²) in [5.41, 5.74) is 10.2. The summed E-state index contributed by atoms with van der Waals surface area (Å²) < 4.78 is 0. The van der Waals surface area contributed by atoms with Crippen molar-refractivity contribution in [1.82, 2.24) is 14.9 Å². The molecule has 0 bridgehead atoms. The minimum atomic E-state index is -0.592. The first-order valence-electron chi connectivity index (χ1n) is 12.8. The highest BCUT2D eigenvalue weighted by molar-refractivity contribution is 6.08. The van der Waals surface area contributed by atoms with Crippen LogP contribution in [0.1, 0.15) is 17.3 Å². The Bertz CT molecular complexity index is 1610. The third kappa shape index (κ3) is 5.60. The van der Waals surface area contributed by atoms with E-state index >= 15 is 0 Å². The van der Waals surface area contributed by atoms with Crippen molar-refractivity contribution in [2.45, 2.75) is 6.92 Å². The van der Waals surface area contributed by atoms with E-state index < -0.39 is 5.91 Å². The van der Waals surface area contributed by atoms with E-state index in [1.807, 2.05) is 35.2 Å². The number of nitrogens with two attached hydrogens (primary N) is 1. The predicted octanol–water partition coefficient (Wildman–Crippen LogP) is 3.93. The van der Waals surface area contributed by atoms with Crippen LogP contribution in [0, 0.1) is 0 Å². The number of benzene rings is 3. The summed E-state index contributed by atoms with van der Waals surface area (Å²) >= 11 is 0. The van der Waals surface area contributed by atoms with Gasteiger partial charge in [-0.3, -0.25) is 14.4 Å². The van der Waals surface area contributed by atoms with Gasteiger partial charge in [-0.2, -0.15) is 0 Å². The van der Waals surface area contributed by atoms with E-state index in [-0.39, 0.29) is 11.8 Å². The number of nitrogens with zero attached hydrogens (tertiary/aromatic N) is 4. The number of nitrogens with one attached hydrogen (secondary N) is 2. The van der Waals surface area contributed by atoms with Gasteiger partial charge >= 0.3 is 0 Å². The molecule has 0 radical (unpaired) electrons. The lowest BCUT2D eigenvalue weighted by Gasteiger charge is -2.35. The van der Waals surface area contributed by atoms with Gasteiger partial charge in [0.2, 0.25) is 23.7 Å². The largest absolute Gasteiger partial charge is 0.368 e. The number of carbonyl (C=O) groups excluding carboxylic acids is 3. The fourth-order valence-corrected chi connectivity index (χ4v) is 4.77. The molecule has 4 N–H and O–H groups in total. The summed E-state index contributed by atoms with van der Waals surface area (Å²) in [7, 11) is 0. The van der Waals surface area contributed by atoms with Crippen LogP contribution in [0.3, 0.4) is 0 Å². The minimum absolute atomic E-state index is 0.104. The topological polar surface area (TPSA) is 134 Å². The average Bonchev–Trinajstić information content (AvgIpc) is 2.97. The maximum Gasteiger partial charge on any atom is 0.249 e. The van der Waals surface area contributed by atoms with Crippen molar-refractivity contribution in [2.24, 2.45) is 5.73 Å². The molecular weight excluding hydrogens is 506 g/mol. The van der Waals surface area contributed by atoms with Gasteiger partial charge in [-0.05, 0) is 54.1 Å². The number of fused-ring (bicyclic) bond motifs is 1. The van der Waals surface area contributed by atoms with E-state index in [1.165, 1.54) is 6.08 Å². The molecule has 10 nitrogen and oxygen atoms in total. The smallest absolute Gasteiger partial charge is 0.249 e. The van der Waals surface area contributed by atoms with Crippen molar-refractivity contribution in [1.29, 1.82) is 0 Å². The number of amides is 3. The number of anilines is 4. The maximum atomic E-state index is 12.4. The van der Waals surface area contributed by atoms with Crippen molar-refractivity contribution >= 4 is 51.6 Å². The molecule has 0 atom stereocenters. The fraction of sp³-hybridized carbons (Fsp3) is 0.167. The zero-order valence-electron chi connectivity index (χ0n) is 22.1. The molecule has 4 aromatic rings. The third-order valence-electron chi connectivity index (χ3n) is 6.84. The number of primary amides is 1. The van der Waals surface area contributed by atoms with E-state index in [1.54, 1.807) is 43.5 Å². The third-order valence-corrected chi connectivity index (χ3v) is 6.84. The number of rotatable bonds is 7. The van der Waals surface area contributed by atoms with Crippen LogP contribution >= 0.6 is 0 Å². The van der Waals surface area contributed by atoms with Crippen molar-refractivity contribution in [3.05, 3.63) is 85.1 Å². The first-order chi connectivity index (χ1) is 19.3. The Hall–Kier alpha value is -5.25. The second-order valence-corrected chi connectivity index (χ2v) is 9.42. The Kier molecular flexibility index (Phi) is 7.41. The second kappa shape index (κ2) is 11.2. The second-order valence-electron chi connectivity index (χ2n) is 9.42. The molecule has 1 aliphatic rings. The average molecular weight is 536 g/mol. The molecule has 40 heavy (non-hydrogen) atoms. The highest BCUT2D eigenvalue weighted by atomic mass is 16.2. The Balaban J connectivity index is 1.44. The molecule has 0 aliphatic carbocycles. The first kappa shape index (κ1) is 26.4. The van der Waals surface area contributed by atoms with Gasteiger partial charge in [0.05, 0.1) is 5.52 Å². The zero-order valence-corrected chi connectivity index (χ0v) is 22.1. The molecule has 0 saturated carbocycles. The van der Waals surface area contributed by atoms with Crippen LogP contribution in [-0.4, -0.2) is 58.8 Å². The SMILES string of the molecule is C=CC(=O)Nc1cccc(-c2c(C(N)=O)ccc3cnc(Nc4ccc(N5CCN(C(C)=O)CC5)cc4)nc23)c1. The molecule has 0 spiro atoms. The van der Waals surface area contributed by atoms with Gasteiger partial charge in [0.1, 0.15) is 0 Å². The molecule has 202 valence electrons. The summed E-state index contributed by atoms with van der Waals surface area (Å²) in [6.07, 6.45) is 2.87. The molecule has 10 heteroatoms. The van der Waals surface area contributed by atoms with Gasteiger partial charge < -0.3 is 26.2 Å². The van der Waals surface area contributed by atoms with Crippen LogP contribution in [0.2, 0.25) is 0 Å². The molecule has 1 fully saturated rings. The van der Waals surface area contributed by atoms with Crippen molar-refractivity contribution in [2.75, 3.05) is 41.7 Å². The van der Waals surface area contributed by atoms with Gasteiger partial charge in [-0.1, -0.05) is 24.8 Å². The number of aromatic nitrogens is 2. The van der Waals surface area contributed by atoms with Crippen LogP contribution in [-0.2, 0) is 9.59 Å². The Morgan fingerprint density at radius 3 is 2.40 bits per heavy atom. The monoisotopic (exact) mass is 535 g/mol. The molecule has 1 aromatic heterocycles. The molecule has 0 unspecified atom stereocenters. The van der Waals surface area contributed by atoms with Crippen LogP contribution in [0.15, 0.2) is 79.5 Å². The lowest BCUT2D eigenvalue weighted by molar-refractivity contribution is -0.129. The van der Waals surface area contributed by atoms with E-state index in [0.717, 1.165) is 29.9 Å². The van der Waals surface area contributed by atoms with E-state index in [4.69, 9.17) is 10.7 Å². The first-order valence-corrected chi connectivity index (χ1v) is 12.8. The highest BCUT2D eigenvalue weighted by Gasteiger charge is 2.19. The molecule has 5 rings (SSSR count). The van der Waals surface area contributed by atoms with Crippen molar-refractivity contribution in [3.63, 3.8) is 0 Å². The maximum absolute atomic E-state index is 12.4. The fourth-order valence-electron chi connectivity index (χ4n) is 4.77. The summed E-state index contributed by atoms with van der Waals surface area (Å²) in [5.74, 6) is -0.476. The van der Waals surface area contributed by atoms with Crippen LogP contribution in [0.4, 0.5) is 23.0 Å². The molecule has 1 saturated heterocycles. The lowest BCUT2D eigenvalue weighted by Crippen LogP contribution is -2.48.